The predicted octanol–water partition coefficient (Wildman–Crippen LogP) is 12.6. The van der Waals surface area contributed by atoms with Gasteiger partial charge in [-0.3, -0.25) is 0 Å². The first kappa shape index (κ1) is 37.0. The Balaban J connectivity index is 1.87. The van der Waals surface area contributed by atoms with Crippen LogP contribution in [0.25, 0.3) is 0 Å². The summed E-state index contributed by atoms with van der Waals surface area (Å²) >= 11 is 0. The summed E-state index contributed by atoms with van der Waals surface area (Å²) in [6, 6.07) is 0. The van der Waals surface area contributed by atoms with Crippen molar-refractivity contribution in [3.63, 3.8) is 0 Å². The van der Waals surface area contributed by atoms with E-state index in [-0.39, 0.29) is 22.3 Å². The molecule has 4 heteroatoms. The van der Waals surface area contributed by atoms with Gasteiger partial charge >= 0.3 is 0 Å². The van der Waals surface area contributed by atoms with E-state index < -0.39 is 16.6 Å². The summed E-state index contributed by atoms with van der Waals surface area (Å²) in [6.07, 6.45) is 18.1. The van der Waals surface area contributed by atoms with Crippen molar-refractivity contribution in [2.24, 2.45) is 29.1 Å². The van der Waals surface area contributed by atoms with E-state index in [0.29, 0.717) is 5.41 Å². The number of fused-ring (bicyclic) bond motifs is 1. The molecule has 3 aliphatic carbocycles. The standard InChI is InChI=1S/C39H72O2Si2/c1-28(2)18-16-19-29(3)34-23-24-35-31(20-17-25-39(34,35)11)21-22-32-26-33(40-42(12,13)37(5,6)7)27-36(30(32)4)41-43(14,15)38(8,9)10/h21-22,28-29,33-36H,4,16-20,23-27H2,1-3,5-15H3/b31-21+,32-22-/t29-,33-,34-,35+,36+,39-/m1/s1. The topological polar surface area (TPSA) is 18.5 Å². The molecule has 0 unspecified atom stereocenters. The zero-order valence-corrected chi connectivity index (χ0v) is 33.2. The van der Waals surface area contributed by atoms with Crippen LogP contribution in [-0.4, -0.2) is 28.8 Å². The lowest BCUT2D eigenvalue weighted by Crippen LogP contribution is -2.49. The van der Waals surface area contributed by atoms with Crippen LogP contribution in [0.1, 0.15) is 133 Å². The van der Waals surface area contributed by atoms with Gasteiger partial charge in [-0.25, -0.2) is 0 Å². The number of hydrogen-bond donors (Lipinski definition) is 0. The van der Waals surface area contributed by atoms with Crippen molar-refractivity contribution in [2.45, 2.75) is 182 Å². The van der Waals surface area contributed by atoms with Gasteiger partial charge in [0.05, 0.1) is 12.2 Å². The number of allylic oxidation sites excluding steroid dienone is 3. The van der Waals surface area contributed by atoms with Crippen LogP contribution >= 0.6 is 0 Å². The Morgan fingerprint density at radius 2 is 1.51 bits per heavy atom. The van der Waals surface area contributed by atoms with Gasteiger partial charge in [-0.2, -0.15) is 0 Å². The van der Waals surface area contributed by atoms with E-state index in [1.807, 2.05) is 0 Å². The third-order valence-corrected chi connectivity index (χ3v) is 21.9. The van der Waals surface area contributed by atoms with Crippen LogP contribution in [0.5, 0.6) is 0 Å². The minimum atomic E-state index is -1.95. The van der Waals surface area contributed by atoms with E-state index in [1.54, 1.807) is 5.57 Å². The molecular formula is C39H72O2Si2. The largest absolute Gasteiger partial charge is 0.413 e. The van der Waals surface area contributed by atoms with Crippen LogP contribution in [0.15, 0.2) is 35.5 Å². The summed E-state index contributed by atoms with van der Waals surface area (Å²) in [6.45, 7) is 38.3. The van der Waals surface area contributed by atoms with E-state index in [0.717, 1.165) is 36.5 Å². The summed E-state index contributed by atoms with van der Waals surface area (Å²) in [5.41, 5.74) is 4.75. The van der Waals surface area contributed by atoms with Gasteiger partial charge in [0.15, 0.2) is 16.6 Å². The van der Waals surface area contributed by atoms with E-state index >= 15 is 0 Å². The Morgan fingerprint density at radius 3 is 2.09 bits per heavy atom. The highest BCUT2D eigenvalue weighted by atomic mass is 28.4. The van der Waals surface area contributed by atoms with Crippen molar-refractivity contribution in [3.8, 4) is 0 Å². The summed E-state index contributed by atoms with van der Waals surface area (Å²) in [7, 11) is -3.86. The molecule has 0 aromatic rings. The summed E-state index contributed by atoms with van der Waals surface area (Å²) in [4.78, 5) is 0. The average Bonchev–Trinajstić information content (AvgIpc) is 3.20. The molecule has 3 aliphatic rings. The second-order valence-electron chi connectivity index (χ2n) is 18.7. The molecular weight excluding hydrogens is 557 g/mol. The SMILES string of the molecule is C=C1/C(=C\C=C2/CCC[C@]3(C)[C@@H]([C@H](C)CCCC(C)C)CC[C@@H]23)C[C@@H](O[Si](C)(C)C(C)(C)C)C[C@@H]1O[Si](C)(C)C(C)(C)C. The highest BCUT2D eigenvalue weighted by Gasteiger charge is 2.50. The van der Waals surface area contributed by atoms with Gasteiger partial charge < -0.3 is 8.85 Å². The smallest absolute Gasteiger partial charge is 0.192 e. The van der Waals surface area contributed by atoms with Crippen molar-refractivity contribution in [3.05, 3.63) is 35.5 Å². The minimum Gasteiger partial charge on any atom is -0.413 e. The molecule has 0 spiro atoms. The van der Waals surface area contributed by atoms with Crippen LogP contribution in [-0.2, 0) is 8.85 Å². The highest BCUT2D eigenvalue weighted by Crippen LogP contribution is 2.60. The lowest BCUT2D eigenvalue weighted by atomic mass is 9.60. The molecule has 248 valence electrons. The molecule has 3 fully saturated rings. The second-order valence-corrected chi connectivity index (χ2v) is 28.2. The fourth-order valence-corrected chi connectivity index (χ4v) is 10.7. The molecule has 0 heterocycles. The number of rotatable bonds is 10. The zero-order chi connectivity index (χ0) is 32.6. The van der Waals surface area contributed by atoms with Gasteiger partial charge in [0.1, 0.15) is 0 Å². The molecule has 0 bridgehead atoms. The van der Waals surface area contributed by atoms with Crippen LogP contribution in [0.2, 0.25) is 36.3 Å². The molecule has 0 saturated heterocycles. The maximum absolute atomic E-state index is 7.09. The predicted molar refractivity (Wildman–Crippen MR) is 195 cm³/mol. The molecule has 0 aliphatic heterocycles. The lowest BCUT2D eigenvalue weighted by Gasteiger charge is -2.46. The first-order valence-corrected chi connectivity index (χ1v) is 23.8. The molecule has 3 rings (SSSR count). The second kappa shape index (κ2) is 13.7. The van der Waals surface area contributed by atoms with Gasteiger partial charge in [-0.15, -0.1) is 0 Å². The fraction of sp³-hybridized carbons (Fsp3) is 0.846. The Hall–Kier alpha value is -0.426. The Morgan fingerprint density at radius 1 is 0.907 bits per heavy atom. The van der Waals surface area contributed by atoms with Crippen molar-refractivity contribution >= 4 is 16.6 Å². The maximum atomic E-state index is 7.09. The van der Waals surface area contributed by atoms with Gasteiger partial charge in [0, 0.05) is 6.42 Å². The quantitative estimate of drug-likeness (QED) is 0.224. The van der Waals surface area contributed by atoms with Crippen LogP contribution in [0.4, 0.5) is 0 Å². The number of hydrogen-bond acceptors (Lipinski definition) is 2. The van der Waals surface area contributed by atoms with Crippen LogP contribution < -0.4 is 0 Å². The first-order valence-electron chi connectivity index (χ1n) is 18.0. The van der Waals surface area contributed by atoms with Crippen LogP contribution in [0, 0.1) is 29.1 Å². The fourth-order valence-electron chi connectivity index (χ4n) is 8.03. The average molecular weight is 629 g/mol. The Kier molecular flexibility index (Phi) is 11.8. The maximum Gasteiger partial charge on any atom is 0.192 e. The third kappa shape index (κ3) is 8.69. The van der Waals surface area contributed by atoms with E-state index in [9.17, 15) is 0 Å². The Bertz CT molecular complexity index is 1020. The molecule has 0 aromatic heterocycles. The van der Waals surface area contributed by atoms with Gasteiger partial charge in [0.25, 0.3) is 0 Å². The van der Waals surface area contributed by atoms with Crippen molar-refractivity contribution in [1.82, 2.24) is 0 Å². The minimum absolute atomic E-state index is 0.0493. The van der Waals surface area contributed by atoms with Gasteiger partial charge in [-0.05, 0) is 115 Å². The van der Waals surface area contributed by atoms with Crippen LogP contribution in [0.3, 0.4) is 0 Å². The summed E-state index contributed by atoms with van der Waals surface area (Å²) < 4.78 is 14.2. The molecule has 0 amide bonds. The van der Waals surface area contributed by atoms with Crippen molar-refractivity contribution in [2.75, 3.05) is 0 Å². The molecule has 3 saturated carbocycles. The van der Waals surface area contributed by atoms with Crippen molar-refractivity contribution < 1.29 is 8.85 Å². The normalized spacial score (nSPS) is 32.1. The first-order chi connectivity index (χ1) is 19.6. The molecule has 6 atom stereocenters. The van der Waals surface area contributed by atoms with E-state index in [2.05, 4.69) is 108 Å². The van der Waals surface area contributed by atoms with E-state index in [4.69, 9.17) is 15.4 Å². The summed E-state index contributed by atoms with van der Waals surface area (Å²) in [5.74, 6) is 3.28. The zero-order valence-electron chi connectivity index (χ0n) is 31.2. The van der Waals surface area contributed by atoms with Crippen molar-refractivity contribution in [1.29, 1.82) is 0 Å². The van der Waals surface area contributed by atoms with Gasteiger partial charge in [-0.1, -0.05) is 113 Å². The molecule has 2 nitrogen and oxygen atoms in total. The molecule has 0 aromatic carbocycles. The lowest BCUT2D eigenvalue weighted by molar-refractivity contribution is 0.0927. The molecule has 0 N–H and O–H groups in total. The third-order valence-electron chi connectivity index (χ3n) is 12.9. The van der Waals surface area contributed by atoms with Gasteiger partial charge in [0.2, 0.25) is 0 Å². The summed E-state index contributed by atoms with van der Waals surface area (Å²) in [5, 5.41) is 0.366. The molecule has 43 heavy (non-hydrogen) atoms. The molecule has 0 radical (unpaired) electrons. The Labute approximate surface area is 271 Å². The monoisotopic (exact) mass is 629 g/mol. The highest BCUT2D eigenvalue weighted by molar-refractivity contribution is 6.74. The van der Waals surface area contributed by atoms with E-state index in [1.165, 1.54) is 62.5 Å².